The third-order valence-electron chi connectivity index (χ3n) is 1.75. The first-order chi connectivity index (χ1) is 6.58. The van der Waals surface area contributed by atoms with Gasteiger partial charge in [-0.2, -0.15) is 4.39 Å². The van der Waals surface area contributed by atoms with Gasteiger partial charge >= 0.3 is 6.04 Å². The Morgan fingerprint density at radius 2 is 1.86 bits per heavy atom. The molecule has 1 aliphatic heterocycles. The topological polar surface area (TPSA) is 18.5 Å². The van der Waals surface area contributed by atoms with Crippen LogP contribution in [0.2, 0.25) is 0 Å². The molecule has 2 nitrogen and oxygen atoms in total. The maximum Gasteiger partial charge on any atom is 0.404 e. The Bertz CT molecular complexity index is 321. The predicted molar refractivity (Wildman–Crippen MR) is 53.3 cm³/mol. The Morgan fingerprint density at radius 3 is 2.43 bits per heavy atom. The molecule has 0 spiro atoms. The van der Waals surface area contributed by atoms with Crippen LogP contribution in [0.4, 0.5) is 4.39 Å². The van der Waals surface area contributed by atoms with Gasteiger partial charge in [-0.15, -0.1) is 0 Å². The van der Waals surface area contributed by atoms with E-state index in [1.807, 2.05) is 26.8 Å². The van der Waals surface area contributed by atoms with Gasteiger partial charge in [0.25, 0.3) is 0 Å². The van der Waals surface area contributed by atoms with Crippen molar-refractivity contribution in [1.82, 2.24) is 0 Å². The SMILES string of the molecule is CC.Cc1cccc2c1OC(C)(F)O2. The predicted octanol–water partition coefficient (Wildman–Crippen LogP) is 3.44. The van der Waals surface area contributed by atoms with E-state index in [2.05, 4.69) is 0 Å². The molecule has 1 aromatic carbocycles. The molecular formula is C11H15FO2. The summed E-state index contributed by atoms with van der Waals surface area (Å²) in [7, 11) is 0. The normalized spacial score (nSPS) is 22.6. The Hall–Kier alpha value is -1.25. The zero-order valence-corrected chi connectivity index (χ0v) is 8.93. The van der Waals surface area contributed by atoms with E-state index in [0.717, 1.165) is 5.56 Å². The smallest absolute Gasteiger partial charge is 0.404 e. The molecule has 0 radical (unpaired) electrons. The zero-order valence-electron chi connectivity index (χ0n) is 8.93. The van der Waals surface area contributed by atoms with Crippen molar-refractivity contribution in [2.45, 2.75) is 33.7 Å². The fraction of sp³-hybridized carbons (Fsp3) is 0.455. The number of aryl methyl sites for hydroxylation is 1. The van der Waals surface area contributed by atoms with Gasteiger partial charge in [-0.05, 0) is 18.6 Å². The second-order valence-electron chi connectivity index (χ2n) is 2.94. The van der Waals surface area contributed by atoms with Crippen LogP contribution in [0, 0.1) is 6.92 Å². The highest BCUT2D eigenvalue weighted by atomic mass is 19.2. The molecule has 3 heteroatoms. The van der Waals surface area contributed by atoms with Crippen LogP contribution in [0.3, 0.4) is 0 Å². The maximum atomic E-state index is 13.1. The lowest BCUT2D eigenvalue weighted by Crippen LogP contribution is -2.28. The number of fused-ring (bicyclic) bond motifs is 1. The van der Waals surface area contributed by atoms with Gasteiger partial charge in [0.15, 0.2) is 11.5 Å². The fourth-order valence-corrected chi connectivity index (χ4v) is 1.24. The molecule has 0 aromatic heterocycles. The summed E-state index contributed by atoms with van der Waals surface area (Å²) in [5.41, 5.74) is 0.883. The van der Waals surface area contributed by atoms with Crippen molar-refractivity contribution < 1.29 is 13.9 Å². The molecule has 0 fully saturated rings. The van der Waals surface area contributed by atoms with Crippen LogP contribution in [-0.2, 0) is 0 Å². The van der Waals surface area contributed by atoms with Crippen molar-refractivity contribution in [2.75, 3.05) is 0 Å². The van der Waals surface area contributed by atoms with Crippen molar-refractivity contribution in [2.24, 2.45) is 0 Å². The fourth-order valence-electron chi connectivity index (χ4n) is 1.24. The molecule has 1 aliphatic rings. The molecule has 2 rings (SSSR count). The van der Waals surface area contributed by atoms with E-state index in [1.54, 1.807) is 12.1 Å². The number of hydrogen-bond acceptors (Lipinski definition) is 2. The lowest BCUT2D eigenvalue weighted by atomic mass is 10.2. The molecule has 1 heterocycles. The number of ether oxygens (including phenoxy) is 2. The third kappa shape index (κ3) is 1.97. The van der Waals surface area contributed by atoms with E-state index in [4.69, 9.17) is 9.47 Å². The molecule has 0 amide bonds. The number of para-hydroxylation sites is 1. The first-order valence-electron chi connectivity index (χ1n) is 4.75. The minimum Gasteiger partial charge on any atom is -0.423 e. The third-order valence-corrected chi connectivity index (χ3v) is 1.75. The van der Waals surface area contributed by atoms with Crippen molar-refractivity contribution in [3.63, 3.8) is 0 Å². The molecule has 0 bridgehead atoms. The molecule has 0 saturated heterocycles. The summed E-state index contributed by atoms with van der Waals surface area (Å²) >= 11 is 0. The van der Waals surface area contributed by atoms with Crippen LogP contribution < -0.4 is 9.47 Å². The van der Waals surface area contributed by atoms with Gasteiger partial charge in [-0.1, -0.05) is 26.0 Å². The number of rotatable bonds is 0. The highest BCUT2D eigenvalue weighted by molar-refractivity contribution is 5.48. The molecular weight excluding hydrogens is 183 g/mol. The summed E-state index contributed by atoms with van der Waals surface area (Å²) in [6.07, 6.45) is 0. The summed E-state index contributed by atoms with van der Waals surface area (Å²) in [5.74, 6) is 0.975. The summed E-state index contributed by atoms with van der Waals surface area (Å²) in [6, 6.07) is 3.34. The van der Waals surface area contributed by atoms with Gasteiger partial charge in [0, 0.05) is 6.92 Å². The Labute approximate surface area is 83.6 Å². The van der Waals surface area contributed by atoms with Crippen LogP contribution in [0.25, 0.3) is 0 Å². The van der Waals surface area contributed by atoms with Gasteiger partial charge in [0.2, 0.25) is 0 Å². The Morgan fingerprint density at radius 1 is 1.21 bits per heavy atom. The van der Waals surface area contributed by atoms with Crippen LogP contribution in [0.1, 0.15) is 26.3 Å². The number of alkyl halides is 1. The van der Waals surface area contributed by atoms with E-state index in [1.165, 1.54) is 6.92 Å². The average Bonchev–Trinajstić information content (AvgIpc) is 2.45. The highest BCUT2D eigenvalue weighted by Crippen LogP contribution is 2.41. The summed E-state index contributed by atoms with van der Waals surface area (Å²) in [4.78, 5) is 0. The van der Waals surface area contributed by atoms with E-state index in [9.17, 15) is 4.39 Å². The lowest BCUT2D eigenvalue weighted by molar-refractivity contribution is -0.173. The van der Waals surface area contributed by atoms with Crippen LogP contribution in [0.5, 0.6) is 11.5 Å². The van der Waals surface area contributed by atoms with Crippen molar-refractivity contribution in [1.29, 1.82) is 0 Å². The summed E-state index contributed by atoms with van der Waals surface area (Å²) < 4.78 is 23.0. The maximum absolute atomic E-state index is 13.1. The molecule has 1 atom stereocenters. The molecule has 1 unspecified atom stereocenters. The molecule has 78 valence electrons. The lowest BCUT2D eigenvalue weighted by Gasteiger charge is -2.10. The minimum absolute atomic E-state index is 0.472. The second-order valence-corrected chi connectivity index (χ2v) is 2.94. The quantitative estimate of drug-likeness (QED) is 0.635. The molecule has 0 N–H and O–H groups in total. The van der Waals surface area contributed by atoms with Crippen molar-refractivity contribution >= 4 is 0 Å². The van der Waals surface area contributed by atoms with Gasteiger partial charge in [0.1, 0.15) is 0 Å². The highest BCUT2D eigenvalue weighted by Gasteiger charge is 2.37. The molecule has 0 saturated carbocycles. The van der Waals surface area contributed by atoms with Crippen LogP contribution in [0.15, 0.2) is 18.2 Å². The van der Waals surface area contributed by atoms with Gasteiger partial charge in [0.05, 0.1) is 0 Å². The number of benzene rings is 1. The monoisotopic (exact) mass is 198 g/mol. The van der Waals surface area contributed by atoms with Gasteiger partial charge in [-0.3, -0.25) is 0 Å². The summed E-state index contributed by atoms with van der Waals surface area (Å²) in [6.45, 7) is 7.09. The van der Waals surface area contributed by atoms with Gasteiger partial charge < -0.3 is 9.47 Å². The Balaban J connectivity index is 0.000000461. The standard InChI is InChI=1S/C9H9FO2.C2H6/c1-6-4-3-5-7-8(6)12-9(2,10)11-7;1-2/h3-5H,1-2H3;1-2H3. The van der Waals surface area contributed by atoms with Crippen molar-refractivity contribution in [3.05, 3.63) is 23.8 Å². The van der Waals surface area contributed by atoms with E-state index in [-0.39, 0.29) is 0 Å². The van der Waals surface area contributed by atoms with E-state index >= 15 is 0 Å². The molecule has 1 aromatic rings. The second kappa shape index (κ2) is 3.86. The van der Waals surface area contributed by atoms with Gasteiger partial charge in [-0.25, -0.2) is 0 Å². The Kier molecular flexibility index (Phi) is 2.99. The molecule has 14 heavy (non-hydrogen) atoms. The van der Waals surface area contributed by atoms with Crippen molar-refractivity contribution in [3.8, 4) is 11.5 Å². The number of halogens is 1. The van der Waals surface area contributed by atoms with E-state index in [0.29, 0.717) is 11.5 Å². The average molecular weight is 198 g/mol. The largest absolute Gasteiger partial charge is 0.423 e. The van der Waals surface area contributed by atoms with Crippen LogP contribution in [-0.4, -0.2) is 6.04 Å². The number of hydrogen-bond donors (Lipinski definition) is 0. The first kappa shape index (κ1) is 10.8. The van der Waals surface area contributed by atoms with Crippen LogP contribution >= 0.6 is 0 Å². The summed E-state index contributed by atoms with van der Waals surface area (Å²) in [5, 5.41) is 0. The molecule has 0 aliphatic carbocycles. The first-order valence-corrected chi connectivity index (χ1v) is 4.75. The minimum atomic E-state index is -2.01. The zero-order chi connectivity index (χ0) is 10.8. The van der Waals surface area contributed by atoms with E-state index < -0.39 is 6.04 Å².